The van der Waals surface area contributed by atoms with Crippen molar-refractivity contribution in [1.29, 1.82) is 0 Å². The van der Waals surface area contributed by atoms with E-state index in [-0.39, 0.29) is 17.5 Å². The number of para-hydroxylation sites is 1. The van der Waals surface area contributed by atoms with E-state index in [1.54, 1.807) is 43.3 Å². The molecule has 2 aromatic carbocycles. The minimum Gasteiger partial charge on any atom is -0.369 e. The van der Waals surface area contributed by atoms with Crippen LogP contribution in [0.25, 0.3) is 11.8 Å². The van der Waals surface area contributed by atoms with Gasteiger partial charge in [-0.3, -0.25) is 9.59 Å². The number of halogens is 2. The second kappa shape index (κ2) is 9.60. The smallest absolute Gasteiger partial charge is 0.248 e. The highest BCUT2D eigenvalue weighted by atomic mass is 35.5. The van der Waals surface area contributed by atoms with Crippen molar-refractivity contribution >= 4 is 46.9 Å². The first kappa shape index (κ1) is 21.6. The lowest BCUT2D eigenvalue weighted by atomic mass is 10.2. The molecule has 30 heavy (non-hydrogen) atoms. The summed E-state index contributed by atoms with van der Waals surface area (Å²) < 4.78 is 14.6. The molecule has 0 bridgehead atoms. The molecular formula is C21H18ClFN4O2S. The van der Waals surface area contributed by atoms with Gasteiger partial charge in [-0.1, -0.05) is 23.7 Å². The van der Waals surface area contributed by atoms with E-state index in [0.717, 1.165) is 4.90 Å². The van der Waals surface area contributed by atoms with Crippen LogP contribution in [0.4, 0.5) is 10.1 Å². The van der Waals surface area contributed by atoms with Gasteiger partial charge in [-0.15, -0.1) is 11.8 Å². The van der Waals surface area contributed by atoms with E-state index in [4.69, 9.17) is 17.3 Å². The number of nitrogens with one attached hydrogen (secondary N) is 1. The molecule has 0 aliphatic heterocycles. The number of hydrogen-bond acceptors (Lipinski definition) is 4. The summed E-state index contributed by atoms with van der Waals surface area (Å²) in [6.45, 7) is 1.76. The molecule has 0 atom stereocenters. The van der Waals surface area contributed by atoms with Gasteiger partial charge >= 0.3 is 0 Å². The quantitative estimate of drug-likeness (QED) is 0.422. The van der Waals surface area contributed by atoms with E-state index in [0.29, 0.717) is 27.8 Å². The van der Waals surface area contributed by atoms with Crippen LogP contribution in [0.1, 0.15) is 11.3 Å². The molecule has 1 heterocycles. The molecule has 3 rings (SSSR count). The fraction of sp³-hybridized carbons (Fsp3) is 0.0952. The third-order valence-corrected chi connectivity index (χ3v) is 5.49. The van der Waals surface area contributed by atoms with Crippen LogP contribution in [0.15, 0.2) is 59.5 Å². The molecule has 154 valence electrons. The Morgan fingerprint density at radius 2 is 1.93 bits per heavy atom. The minimum atomic E-state index is -0.440. The third kappa shape index (κ3) is 5.28. The van der Waals surface area contributed by atoms with Gasteiger partial charge in [-0.05, 0) is 49.4 Å². The number of thioether (sulfide) groups is 1. The first-order chi connectivity index (χ1) is 14.3. The number of aromatic nitrogens is 2. The van der Waals surface area contributed by atoms with Crippen molar-refractivity contribution in [3.05, 3.63) is 76.8 Å². The summed E-state index contributed by atoms with van der Waals surface area (Å²) in [5, 5.41) is 7.44. The molecule has 9 heteroatoms. The lowest BCUT2D eigenvalue weighted by molar-refractivity contribution is -0.115. The van der Waals surface area contributed by atoms with Crippen LogP contribution in [0.2, 0.25) is 5.15 Å². The molecule has 1 aromatic heterocycles. The molecule has 0 unspecified atom stereocenters. The third-order valence-electron chi connectivity index (χ3n) is 4.04. The predicted octanol–water partition coefficient (Wildman–Crippen LogP) is 4.20. The Morgan fingerprint density at radius 1 is 1.23 bits per heavy atom. The average molecular weight is 445 g/mol. The van der Waals surface area contributed by atoms with Crippen LogP contribution in [-0.4, -0.2) is 27.3 Å². The van der Waals surface area contributed by atoms with Gasteiger partial charge in [0.25, 0.3) is 0 Å². The van der Waals surface area contributed by atoms with Gasteiger partial charge in [0.2, 0.25) is 11.8 Å². The average Bonchev–Trinajstić information content (AvgIpc) is 3.00. The van der Waals surface area contributed by atoms with Crippen molar-refractivity contribution < 1.29 is 14.0 Å². The molecular weight excluding hydrogens is 427 g/mol. The molecule has 0 aliphatic rings. The van der Waals surface area contributed by atoms with Crippen molar-refractivity contribution in [3.63, 3.8) is 0 Å². The summed E-state index contributed by atoms with van der Waals surface area (Å²) in [5.41, 5.74) is 7.56. The summed E-state index contributed by atoms with van der Waals surface area (Å²) in [6, 6.07) is 12.9. The maximum Gasteiger partial charge on any atom is 0.248 e. The van der Waals surface area contributed by atoms with Gasteiger partial charge in [-0.25, -0.2) is 9.07 Å². The van der Waals surface area contributed by atoms with Crippen molar-refractivity contribution in [2.24, 2.45) is 5.73 Å². The number of nitrogens with zero attached hydrogens (tertiary/aromatic N) is 2. The molecule has 6 nitrogen and oxygen atoms in total. The van der Waals surface area contributed by atoms with Crippen LogP contribution in [0.5, 0.6) is 0 Å². The second-order valence-corrected chi connectivity index (χ2v) is 7.63. The number of hydrogen-bond donors (Lipinski definition) is 2. The Balaban J connectivity index is 1.76. The standard InChI is InChI=1S/C21H18ClFN4O2S/c1-13-16(21(22)27(26-13)15-8-6-14(23)7-9-15)10-11-20(29)25-17-4-2-3-5-18(17)30-12-19(24)28/h2-11H,12H2,1H3,(H2,24,28)(H,25,29)/b11-10+. The van der Waals surface area contributed by atoms with Crippen LogP contribution < -0.4 is 11.1 Å². The highest BCUT2D eigenvalue weighted by molar-refractivity contribution is 8.00. The number of carbonyl (C=O) groups is 2. The van der Waals surface area contributed by atoms with Crippen molar-refractivity contribution in [1.82, 2.24) is 9.78 Å². The van der Waals surface area contributed by atoms with E-state index in [2.05, 4.69) is 10.4 Å². The van der Waals surface area contributed by atoms with Crippen LogP contribution in [-0.2, 0) is 9.59 Å². The highest BCUT2D eigenvalue weighted by Crippen LogP contribution is 2.27. The fourth-order valence-corrected chi connectivity index (χ4v) is 3.71. The largest absolute Gasteiger partial charge is 0.369 e. The first-order valence-electron chi connectivity index (χ1n) is 8.85. The van der Waals surface area contributed by atoms with E-state index in [9.17, 15) is 14.0 Å². The lowest BCUT2D eigenvalue weighted by Gasteiger charge is -2.08. The molecule has 3 aromatic rings. The van der Waals surface area contributed by atoms with Crippen LogP contribution in [0, 0.1) is 12.7 Å². The van der Waals surface area contributed by atoms with Gasteiger partial charge < -0.3 is 11.1 Å². The zero-order chi connectivity index (χ0) is 21.7. The number of rotatable bonds is 7. The maximum absolute atomic E-state index is 13.1. The van der Waals surface area contributed by atoms with E-state index in [1.807, 2.05) is 6.07 Å². The number of primary amides is 1. The predicted molar refractivity (Wildman–Crippen MR) is 117 cm³/mol. The molecule has 0 fully saturated rings. The Hall–Kier alpha value is -3.10. The van der Waals surface area contributed by atoms with E-state index < -0.39 is 5.91 Å². The van der Waals surface area contributed by atoms with Crippen LogP contribution in [0.3, 0.4) is 0 Å². The number of aryl methyl sites for hydroxylation is 1. The summed E-state index contributed by atoms with van der Waals surface area (Å²) in [6.07, 6.45) is 2.92. The summed E-state index contributed by atoms with van der Waals surface area (Å²) >= 11 is 7.66. The number of amides is 2. The van der Waals surface area contributed by atoms with Gasteiger partial charge in [0.1, 0.15) is 11.0 Å². The van der Waals surface area contributed by atoms with Crippen molar-refractivity contribution in [2.45, 2.75) is 11.8 Å². The Bertz CT molecular complexity index is 1110. The monoisotopic (exact) mass is 444 g/mol. The number of carbonyl (C=O) groups excluding carboxylic acids is 2. The Kier molecular flexibility index (Phi) is 6.91. The Labute approximate surface area is 181 Å². The SMILES string of the molecule is Cc1nn(-c2ccc(F)cc2)c(Cl)c1/C=C/C(=O)Nc1ccccc1SCC(N)=O. The molecule has 0 spiro atoms. The first-order valence-corrected chi connectivity index (χ1v) is 10.2. The molecule has 0 saturated carbocycles. The summed E-state index contributed by atoms with van der Waals surface area (Å²) in [5.74, 6) is -1.05. The maximum atomic E-state index is 13.1. The van der Waals surface area contributed by atoms with E-state index >= 15 is 0 Å². The molecule has 0 saturated heterocycles. The van der Waals surface area contributed by atoms with Gasteiger partial charge in [-0.2, -0.15) is 5.10 Å². The fourth-order valence-electron chi connectivity index (χ4n) is 2.63. The molecule has 2 amide bonds. The number of benzene rings is 2. The molecule has 0 radical (unpaired) electrons. The zero-order valence-corrected chi connectivity index (χ0v) is 17.5. The topological polar surface area (TPSA) is 90.0 Å². The normalized spacial score (nSPS) is 11.0. The van der Waals surface area contributed by atoms with Gasteiger partial charge in [0, 0.05) is 16.5 Å². The zero-order valence-electron chi connectivity index (χ0n) is 15.9. The highest BCUT2D eigenvalue weighted by Gasteiger charge is 2.13. The molecule has 0 aliphatic carbocycles. The second-order valence-electron chi connectivity index (χ2n) is 6.25. The minimum absolute atomic E-state index is 0.111. The van der Waals surface area contributed by atoms with Gasteiger partial charge in [0.15, 0.2) is 0 Å². The van der Waals surface area contributed by atoms with Crippen molar-refractivity contribution in [3.8, 4) is 5.69 Å². The number of anilines is 1. The summed E-state index contributed by atoms with van der Waals surface area (Å²) in [4.78, 5) is 24.1. The molecule has 3 N–H and O–H groups in total. The number of nitrogens with two attached hydrogens (primary N) is 1. The van der Waals surface area contributed by atoms with Crippen LogP contribution >= 0.6 is 23.4 Å². The summed E-state index contributed by atoms with van der Waals surface area (Å²) in [7, 11) is 0. The Morgan fingerprint density at radius 3 is 2.63 bits per heavy atom. The van der Waals surface area contributed by atoms with Gasteiger partial charge in [0.05, 0.1) is 22.8 Å². The van der Waals surface area contributed by atoms with E-state index in [1.165, 1.54) is 34.7 Å². The van der Waals surface area contributed by atoms with Crippen molar-refractivity contribution in [2.75, 3.05) is 11.1 Å². The lowest BCUT2D eigenvalue weighted by Crippen LogP contribution is -2.13.